The summed E-state index contributed by atoms with van der Waals surface area (Å²) < 4.78 is 36.7. The number of carboxylic acids is 1. The molecule has 1 unspecified atom stereocenters. The fraction of sp³-hybridized carbons (Fsp3) is 0.364. The summed E-state index contributed by atoms with van der Waals surface area (Å²) in [7, 11) is 0. The van der Waals surface area contributed by atoms with Crippen LogP contribution in [0.1, 0.15) is 17.5 Å². The van der Waals surface area contributed by atoms with Crippen molar-refractivity contribution in [3.05, 3.63) is 35.4 Å². The highest BCUT2D eigenvalue weighted by molar-refractivity contribution is 5.73. The minimum atomic E-state index is -4.35. The SMILES string of the molecule is NC(CCc1ccc(C(F)(F)F)cc1)C(=O)O. The minimum absolute atomic E-state index is 0.195. The molecule has 1 aromatic carbocycles. The molecular formula is C11H12F3NO2. The molecule has 1 rings (SSSR count). The second-order valence-corrected chi connectivity index (χ2v) is 3.68. The van der Waals surface area contributed by atoms with E-state index in [0.717, 1.165) is 12.1 Å². The van der Waals surface area contributed by atoms with E-state index >= 15 is 0 Å². The topological polar surface area (TPSA) is 63.3 Å². The van der Waals surface area contributed by atoms with Crippen LogP contribution in [-0.4, -0.2) is 17.1 Å². The molecule has 0 aromatic heterocycles. The Kier molecular flexibility index (Phi) is 4.11. The van der Waals surface area contributed by atoms with E-state index in [9.17, 15) is 18.0 Å². The van der Waals surface area contributed by atoms with Gasteiger partial charge in [0.05, 0.1) is 5.56 Å². The fourth-order valence-electron chi connectivity index (χ4n) is 1.31. The van der Waals surface area contributed by atoms with Crippen LogP contribution in [0.25, 0.3) is 0 Å². The Morgan fingerprint density at radius 3 is 2.24 bits per heavy atom. The third-order valence-corrected chi connectivity index (χ3v) is 2.34. The van der Waals surface area contributed by atoms with Gasteiger partial charge in [0.1, 0.15) is 6.04 Å². The molecular weight excluding hydrogens is 235 g/mol. The number of hydrogen-bond acceptors (Lipinski definition) is 2. The maximum atomic E-state index is 12.2. The Labute approximate surface area is 96.0 Å². The minimum Gasteiger partial charge on any atom is -0.480 e. The summed E-state index contributed by atoms with van der Waals surface area (Å²) in [4.78, 5) is 10.4. The third-order valence-electron chi connectivity index (χ3n) is 2.34. The molecule has 17 heavy (non-hydrogen) atoms. The largest absolute Gasteiger partial charge is 0.480 e. The maximum absolute atomic E-state index is 12.2. The first-order valence-electron chi connectivity index (χ1n) is 4.95. The molecule has 0 heterocycles. The van der Waals surface area contributed by atoms with E-state index in [1.54, 1.807) is 0 Å². The van der Waals surface area contributed by atoms with Gasteiger partial charge in [-0.3, -0.25) is 4.79 Å². The van der Waals surface area contributed by atoms with Crippen molar-refractivity contribution in [2.45, 2.75) is 25.1 Å². The molecule has 0 aliphatic heterocycles. The molecule has 0 spiro atoms. The van der Waals surface area contributed by atoms with Gasteiger partial charge < -0.3 is 10.8 Å². The lowest BCUT2D eigenvalue weighted by atomic mass is 10.0. The molecule has 0 aliphatic rings. The van der Waals surface area contributed by atoms with E-state index in [0.29, 0.717) is 12.0 Å². The molecule has 0 radical (unpaired) electrons. The predicted molar refractivity (Wildman–Crippen MR) is 55.4 cm³/mol. The van der Waals surface area contributed by atoms with Gasteiger partial charge in [-0.05, 0) is 30.5 Å². The quantitative estimate of drug-likeness (QED) is 0.855. The van der Waals surface area contributed by atoms with E-state index in [1.807, 2.05) is 0 Å². The van der Waals surface area contributed by atoms with Crippen molar-refractivity contribution in [3.8, 4) is 0 Å². The van der Waals surface area contributed by atoms with Crippen LogP contribution < -0.4 is 5.73 Å². The van der Waals surface area contributed by atoms with E-state index in [1.165, 1.54) is 12.1 Å². The Morgan fingerprint density at radius 2 is 1.82 bits per heavy atom. The molecule has 1 atom stereocenters. The smallest absolute Gasteiger partial charge is 0.416 e. The number of benzene rings is 1. The Morgan fingerprint density at radius 1 is 1.29 bits per heavy atom. The lowest BCUT2D eigenvalue weighted by Gasteiger charge is -2.08. The molecule has 3 N–H and O–H groups in total. The molecule has 94 valence electrons. The zero-order valence-electron chi connectivity index (χ0n) is 8.87. The number of nitrogens with two attached hydrogens (primary N) is 1. The Bertz CT molecular complexity index is 387. The average Bonchev–Trinajstić information content (AvgIpc) is 2.25. The molecule has 0 amide bonds. The maximum Gasteiger partial charge on any atom is 0.416 e. The van der Waals surface area contributed by atoms with Crippen molar-refractivity contribution in [2.75, 3.05) is 0 Å². The monoisotopic (exact) mass is 247 g/mol. The Hall–Kier alpha value is -1.56. The molecule has 0 saturated carbocycles. The number of rotatable bonds is 4. The molecule has 3 nitrogen and oxygen atoms in total. The van der Waals surface area contributed by atoms with Crippen LogP contribution in [0, 0.1) is 0 Å². The van der Waals surface area contributed by atoms with Gasteiger partial charge in [0, 0.05) is 0 Å². The molecule has 0 bridgehead atoms. The van der Waals surface area contributed by atoms with Crippen molar-refractivity contribution in [1.82, 2.24) is 0 Å². The molecule has 0 saturated heterocycles. The highest BCUT2D eigenvalue weighted by atomic mass is 19.4. The summed E-state index contributed by atoms with van der Waals surface area (Å²) in [5, 5.41) is 8.54. The third kappa shape index (κ3) is 4.07. The second kappa shape index (κ2) is 5.18. The normalized spacial score (nSPS) is 13.4. The summed E-state index contributed by atoms with van der Waals surface area (Å²) in [6, 6.07) is 3.62. The van der Waals surface area contributed by atoms with Crippen LogP contribution >= 0.6 is 0 Å². The summed E-state index contributed by atoms with van der Waals surface area (Å²) in [6.45, 7) is 0. The summed E-state index contributed by atoms with van der Waals surface area (Å²) >= 11 is 0. The number of carbonyl (C=O) groups is 1. The highest BCUT2D eigenvalue weighted by Crippen LogP contribution is 2.29. The molecule has 0 aliphatic carbocycles. The van der Waals surface area contributed by atoms with Crippen LogP contribution in [0.15, 0.2) is 24.3 Å². The first kappa shape index (κ1) is 13.5. The number of carboxylic acid groups (broad SMARTS) is 1. The van der Waals surface area contributed by atoms with Gasteiger partial charge in [-0.25, -0.2) is 0 Å². The zero-order valence-corrected chi connectivity index (χ0v) is 8.87. The van der Waals surface area contributed by atoms with Crippen molar-refractivity contribution in [1.29, 1.82) is 0 Å². The van der Waals surface area contributed by atoms with Gasteiger partial charge in [0.2, 0.25) is 0 Å². The van der Waals surface area contributed by atoms with Crippen LogP contribution in [-0.2, 0) is 17.4 Å². The van der Waals surface area contributed by atoms with E-state index < -0.39 is 23.8 Å². The number of halogens is 3. The number of aliphatic carboxylic acids is 1. The van der Waals surface area contributed by atoms with Crippen LogP contribution in [0.4, 0.5) is 13.2 Å². The number of alkyl halides is 3. The van der Waals surface area contributed by atoms with Crippen LogP contribution in [0.3, 0.4) is 0 Å². The molecule has 0 fully saturated rings. The average molecular weight is 247 g/mol. The Balaban J connectivity index is 2.60. The van der Waals surface area contributed by atoms with Gasteiger partial charge >= 0.3 is 12.1 Å². The number of hydrogen-bond donors (Lipinski definition) is 2. The van der Waals surface area contributed by atoms with Crippen molar-refractivity contribution in [3.63, 3.8) is 0 Å². The van der Waals surface area contributed by atoms with E-state index in [4.69, 9.17) is 10.8 Å². The van der Waals surface area contributed by atoms with Crippen LogP contribution in [0.5, 0.6) is 0 Å². The predicted octanol–water partition coefficient (Wildman–Crippen LogP) is 2.05. The second-order valence-electron chi connectivity index (χ2n) is 3.68. The van der Waals surface area contributed by atoms with Gasteiger partial charge in [-0.2, -0.15) is 13.2 Å². The summed E-state index contributed by atoms with van der Waals surface area (Å²) in [5.74, 6) is -1.11. The summed E-state index contributed by atoms with van der Waals surface area (Å²) in [6.07, 6.45) is -3.82. The first-order valence-corrected chi connectivity index (χ1v) is 4.95. The fourth-order valence-corrected chi connectivity index (χ4v) is 1.31. The zero-order chi connectivity index (χ0) is 13.1. The first-order chi connectivity index (χ1) is 7.80. The highest BCUT2D eigenvalue weighted by Gasteiger charge is 2.29. The number of aryl methyl sites for hydroxylation is 1. The van der Waals surface area contributed by atoms with Crippen molar-refractivity contribution in [2.24, 2.45) is 5.73 Å². The standard InChI is InChI=1S/C11H12F3NO2/c12-11(13,14)8-4-1-7(2-5-8)3-6-9(15)10(16)17/h1-2,4-5,9H,3,6,15H2,(H,16,17). The van der Waals surface area contributed by atoms with Crippen molar-refractivity contribution < 1.29 is 23.1 Å². The van der Waals surface area contributed by atoms with E-state index in [2.05, 4.69) is 0 Å². The molecule has 1 aromatic rings. The van der Waals surface area contributed by atoms with Gasteiger partial charge in [-0.15, -0.1) is 0 Å². The molecule has 6 heteroatoms. The lowest BCUT2D eigenvalue weighted by molar-refractivity contribution is -0.139. The van der Waals surface area contributed by atoms with Gasteiger partial charge in [-0.1, -0.05) is 12.1 Å². The van der Waals surface area contributed by atoms with Gasteiger partial charge in [0.25, 0.3) is 0 Å². The van der Waals surface area contributed by atoms with E-state index in [-0.39, 0.29) is 6.42 Å². The van der Waals surface area contributed by atoms with Crippen LogP contribution in [0.2, 0.25) is 0 Å². The van der Waals surface area contributed by atoms with Crippen molar-refractivity contribution >= 4 is 5.97 Å². The van der Waals surface area contributed by atoms with Gasteiger partial charge in [0.15, 0.2) is 0 Å². The lowest BCUT2D eigenvalue weighted by Crippen LogP contribution is -2.30. The summed E-state index contributed by atoms with van der Waals surface area (Å²) in [5.41, 5.74) is 5.20.